The highest BCUT2D eigenvalue weighted by molar-refractivity contribution is 7.59. The van der Waals surface area contributed by atoms with Gasteiger partial charge in [0.15, 0.2) is 11.6 Å². The Kier molecular flexibility index (Phi) is 7.13. The number of amides is 2. The molecule has 11 nitrogen and oxygen atoms in total. The fourth-order valence-electron chi connectivity index (χ4n) is 3.88. The Bertz CT molecular complexity index is 1070. The lowest BCUT2D eigenvalue weighted by Gasteiger charge is -2.34. The van der Waals surface area contributed by atoms with Gasteiger partial charge >= 0.3 is 6.09 Å². The average molecular weight is 498 g/mol. The van der Waals surface area contributed by atoms with Gasteiger partial charge in [-0.15, -0.1) is 0 Å². The van der Waals surface area contributed by atoms with E-state index in [0.29, 0.717) is 6.54 Å². The first-order valence-electron chi connectivity index (χ1n) is 10.8. The van der Waals surface area contributed by atoms with Gasteiger partial charge < -0.3 is 19.5 Å². The Morgan fingerprint density at radius 2 is 1.88 bits per heavy atom. The summed E-state index contributed by atoms with van der Waals surface area (Å²) in [5, 5.41) is 10.4. The third-order valence-electron chi connectivity index (χ3n) is 5.59. The maximum Gasteiger partial charge on any atom is 0.414 e. The number of aromatic nitrogens is 3. The van der Waals surface area contributed by atoms with E-state index in [-0.39, 0.29) is 62.4 Å². The van der Waals surface area contributed by atoms with Crippen molar-refractivity contribution in [3.8, 4) is 0 Å². The molecule has 0 bridgehead atoms. The van der Waals surface area contributed by atoms with Crippen LogP contribution in [0.25, 0.3) is 0 Å². The van der Waals surface area contributed by atoms with Gasteiger partial charge in [0.25, 0.3) is 0 Å². The number of anilines is 2. The van der Waals surface area contributed by atoms with Crippen LogP contribution in [0.3, 0.4) is 0 Å². The van der Waals surface area contributed by atoms with E-state index in [0.717, 1.165) is 17.0 Å². The number of nitrogens with one attached hydrogen (secondary N) is 1. The van der Waals surface area contributed by atoms with Crippen LogP contribution in [0.4, 0.5) is 25.0 Å². The molecule has 2 fully saturated rings. The number of hydrogen-bond donors (Lipinski definition) is 1. The van der Waals surface area contributed by atoms with E-state index in [9.17, 15) is 22.9 Å². The number of hydrogen-bond acceptors (Lipinski definition) is 8. The lowest BCUT2D eigenvalue weighted by molar-refractivity contribution is -0.119. The normalized spacial score (nSPS) is 19.9. The summed E-state index contributed by atoms with van der Waals surface area (Å²) in [5.74, 6) is -1.95. The number of carbonyl (C=O) groups is 2. The lowest BCUT2D eigenvalue weighted by atomic mass is 10.2. The quantitative estimate of drug-likeness (QED) is 0.548. The van der Waals surface area contributed by atoms with Crippen LogP contribution in [0.5, 0.6) is 0 Å². The van der Waals surface area contributed by atoms with Gasteiger partial charge in [0.1, 0.15) is 11.8 Å². The fraction of sp³-hybridized carbons (Fsp3) is 0.500. The van der Waals surface area contributed by atoms with E-state index < -0.39 is 31.2 Å². The zero-order chi connectivity index (χ0) is 24.3. The molecule has 0 radical (unpaired) electrons. The lowest BCUT2D eigenvalue weighted by Crippen LogP contribution is -2.37. The third kappa shape index (κ3) is 5.53. The van der Waals surface area contributed by atoms with E-state index in [1.165, 1.54) is 29.0 Å². The highest BCUT2D eigenvalue weighted by Crippen LogP contribution is 2.49. The fourth-order valence-corrected chi connectivity index (χ4v) is 5.86. The minimum absolute atomic E-state index is 0.0207. The standard InChI is InChI=1S/C20H25F2N6O5P/c1-14(29)23-12-16-13-27(20(30)33-16)15-10-17(21)19(18(22)11-15)26-5-8-34(31,9-6-26)32-7-4-28-24-2-3-25-28/h2-3,10-11,16H,4-9,12-13H2,1H3,(H,23,29)/t16-/m0/s1. The number of halogens is 2. The Morgan fingerprint density at radius 3 is 2.50 bits per heavy atom. The number of rotatable bonds is 8. The van der Waals surface area contributed by atoms with Crippen molar-refractivity contribution in [2.45, 2.75) is 19.6 Å². The molecule has 34 heavy (non-hydrogen) atoms. The summed E-state index contributed by atoms with van der Waals surface area (Å²) in [4.78, 5) is 27.2. The van der Waals surface area contributed by atoms with Crippen molar-refractivity contribution in [3.63, 3.8) is 0 Å². The van der Waals surface area contributed by atoms with Crippen molar-refractivity contribution in [2.24, 2.45) is 0 Å². The van der Waals surface area contributed by atoms with E-state index in [2.05, 4.69) is 15.5 Å². The number of benzene rings is 1. The molecule has 1 aromatic heterocycles. The van der Waals surface area contributed by atoms with Gasteiger partial charge in [-0.1, -0.05) is 0 Å². The van der Waals surface area contributed by atoms with Gasteiger partial charge in [0.2, 0.25) is 13.3 Å². The van der Waals surface area contributed by atoms with Crippen LogP contribution in [-0.4, -0.2) is 78.2 Å². The minimum atomic E-state index is -2.93. The molecule has 2 aliphatic heterocycles. The third-order valence-corrected chi connectivity index (χ3v) is 8.00. The van der Waals surface area contributed by atoms with E-state index in [4.69, 9.17) is 9.26 Å². The summed E-state index contributed by atoms with van der Waals surface area (Å²) in [6.45, 7) is 2.35. The molecule has 4 rings (SSSR count). The van der Waals surface area contributed by atoms with Crippen molar-refractivity contribution >= 4 is 30.7 Å². The van der Waals surface area contributed by atoms with Crippen LogP contribution in [0.2, 0.25) is 0 Å². The smallest absolute Gasteiger partial charge is 0.414 e. The molecule has 0 unspecified atom stereocenters. The number of nitrogens with zero attached hydrogens (tertiary/aromatic N) is 5. The molecule has 3 heterocycles. The Hall–Kier alpha value is -3.05. The largest absolute Gasteiger partial charge is 0.442 e. The molecule has 2 aliphatic rings. The zero-order valence-corrected chi connectivity index (χ0v) is 19.4. The first-order chi connectivity index (χ1) is 16.2. The van der Waals surface area contributed by atoms with Crippen molar-refractivity contribution < 1.29 is 32.2 Å². The van der Waals surface area contributed by atoms with Gasteiger partial charge in [0, 0.05) is 44.5 Å². The molecule has 14 heteroatoms. The van der Waals surface area contributed by atoms with Gasteiger partial charge in [-0.2, -0.15) is 15.0 Å². The van der Waals surface area contributed by atoms with Crippen molar-refractivity contribution in [1.29, 1.82) is 0 Å². The summed E-state index contributed by atoms with van der Waals surface area (Å²) >= 11 is 0. The van der Waals surface area contributed by atoms with Crippen molar-refractivity contribution in [3.05, 3.63) is 36.2 Å². The van der Waals surface area contributed by atoms with Crippen LogP contribution in [-0.2, 0) is 25.2 Å². The predicted molar refractivity (Wildman–Crippen MR) is 118 cm³/mol. The summed E-state index contributed by atoms with van der Waals surface area (Å²) in [7, 11) is -2.93. The topological polar surface area (TPSA) is 119 Å². The molecule has 184 valence electrons. The van der Waals surface area contributed by atoms with Gasteiger partial charge in [0.05, 0.1) is 44.3 Å². The second-order valence-electron chi connectivity index (χ2n) is 8.02. The first-order valence-corrected chi connectivity index (χ1v) is 12.8. The van der Waals surface area contributed by atoms with Gasteiger partial charge in [-0.05, 0) is 0 Å². The molecular formula is C20H25F2N6O5P. The minimum Gasteiger partial charge on any atom is -0.442 e. The summed E-state index contributed by atoms with van der Waals surface area (Å²) < 4.78 is 53.6. The Morgan fingerprint density at radius 1 is 1.24 bits per heavy atom. The van der Waals surface area contributed by atoms with Crippen LogP contribution in [0, 0.1) is 11.6 Å². The first kappa shape index (κ1) is 24.1. The molecule has 2 aromatic rings. The van der Waals surface area contributed by atoms with Crippen molar-refractivity contribution in [2.75, 3.05) is 54.9 Å². The number of cyclic esters (lactones) is 1. The van der Waals surface area contributed by atoms with Crippen LogP contribution >= 0.6 is 7.37 Å². The molecule has 1 N–H and O–H groups in total. The highest BCUT2D eigenvalue weighted by Gasteiger charge is 2.35. The van der Waals surface area contributed by atoms with E-state index in [1.807, 2.05) is 0 Å². The summed E-state index contributed by atoms with van der Waals surface area (Å²) in [6, 6.07) is 2.14. The summed E-state index contributed by atoms with van der Waals surface area (Å²) in [5.41, 5.74) is -0.217. The van der Waals surface area contributed by atoms with Gasteiger partial charge in [-0.3, -0.25) is 14.3 Å². The Labute approximate surface area is 194 Å². The van der Waals surface area contributed by atoms with Crippen LogP contribution in [0.1, 0.15) is 6.92 Å². The molecule has 0 aliphatic carbocycles. The SMILES string of the molecule is CC(=O)NC[C@H]1CN(c2cc(F)c(N3CCP(=O)(OCCn4nccn4)CC3)c(F)c2)C(=O)O1. The molecule has 1 atom stereocenters. The molecule has 0 saturated carbocycles. The number of carbonyl (C=O) groups excluding carboxylic acids is 2. The Balaban J connectivity index is 1.36. The monoisotopic (exact) mass is 498 g/mol. The van der Waals surface area contributed by atoms with Crippen molar-refractivity contribution in [1.82, 2.24) is 20.3 Å². The maximum absolute atomic E-state index is 14.9. The summed E-state index contributed by atoms with van der Waals surface area (Å²) in [6.07, 6.45) is 2.01. The predicted octanol–water partition coefficient (Wildman–Crippen LogP) is 1.83. The van der Waals surface area contributed by atoms with Crippen LogP contribution in [0.15, 0.2) is 24.5 Å². The molecule has 2 amide bonds. The second-order valence-corrected chi connectivity index (χ2v) is 10.8. The zero-order valence-electron chi connectivity index (χ0n) is 18.5. The molecule has 1 aromatic carbocycles. The second kappa shape index (κ2) is 10.1. The average Bonchev–Trinajstić information content (AvgIpc) is 3.43. The number of ether oxygens (including phenoxy) is 1. The highest BCUT2D eigenvalue weighted by atomic mass is 31.2. The molecular weight excluding hydrogens is 473 g/mol. The molecule has 2 saturated heterocycles. The van der Waals surface area contributed by atoms with Crippen LogP contribution < -0.4 is 15.1 Å². The van der Waals surface area contributed by atoms with E-state index >= 15 is 0 Å². The molecule has 0 spiro atoms. The van der Waals surface area contributed by atoms with E-state index in [1.54, 1.807) is 0 Å². The maximum atomic E-state index is 14.9. The van der Waals surface area contributed by atoms with Gasteiger partial charge in [-0.25, -0.2) is 13.6 Å².